The van der Waals surface area contributed by atoms with Crippen molar-refractivity contribution in [2.24, 2.45) is 7.05 Å². The first kappa shape index (κ1) is 20.6. The van der Waals surface area contributed by atoms with Gasteiger partial charge in [0.25, 0.3) is 5.56 Å². The molecule has 0 aliphatic carbocycles. The van der Waals surface area contributed by atoms with Crippen molar-refractivity contribution in [1.29, 1.82) is 0 Å². The van der Waals surface area contributed by atoms with Crippen molar-refractivity contribution < 1.29 is 13.3 Å². The fourth-order valence-electron chi connectivity index (χ4n) is 2.95. The van der Waals surface area contributed by atoms with Crippen LogP contribution in [0.3, 0.4) is 0 Å². The molecule has 0 bridgehead atoms. The summed E-state index contributed by atoms with van der Waals surface area (Å²) in [6.07, 6.45) is 1.37. The van der Waals surface area contributed by atoms with Crippen LogP contribution in [0.25, 0.3) is 21.3 Å². The van der Waals surface area contributed by atoms with Crippen LogP contribution in [0, 0.1) is 5.82 Å². The van der Waals surface area contributed by atoms with E-state index >= 15 is 4.39 Å². The van der Waals surface area contributed by atoms with Gasteiger partial charge in [-0.25, -0.2) is 9.37 Å². The van der Waals surface area contributed by atoms with Crippen LogP contribution in [0.15, 0.2) is 27.5 Å². The molecule has 28 heavy (non-hydrogen) atoms. The molecule has 2 heterocycles. The number of thiophene rings is 1. The molecular weight excluding hydrogens is 401 g/mol. The first-order chi connectivity index (χ1) is 13.3. The van der Waals surface area contributed by atoms with Crippen molar-refractivity contribution >= 4 is 37.9 Å². The SMILES string of the molecule is COCC[S@@](=O)c1sc2c(F)c(-c3cc(=O)n(C)cn3)cc(C(C)C)c2c1N. The Hall–Kier alpha value is -2.10. The molecule has 0 unspecified atom stereocenters. The highest BCUT2D eigenvalue weighted by atomic mass is 32.2. The number of nitrogens with zero attached hydrogens (tertiary/aromatic N) is 2. The summed E-state index contributed by atoms with van der Waals surface area (Å²) in [5.41, 5.74) is 7.70. The number of ether oxygens (including phenoxy) is 1. The smallest absolute Gasteiger partial charge is 0.253 e. The number of anilines is 1. The van der Waals surface area contributed by atoms with Gasteiger partial charge in [0.15, 0.2) is 5.82 Å². The van der Waals surface area contributed by atoms with E-state index in [9.17, 15) is 9.00 Å². The van der Waals surface area contributed by atoms with Crippen molar-refractivity contribution in [2.75, 3.05) is 25.2 Å². The summed E-state index contributed by atoms with van der Waals surface area (Å²) >= 11 is 1.09. The molecule has 0 saturated heterocycles. The minimum absolute atomic E-state index is 0.0468. The molecule has 6 nitrogen and oxygen atoms in total. The minimum atomic E-state index is -1.38. The average molecular weight is 424 g/mol. The fourth-order valence-corrected chi connectivity index (χ4v) is 5.60. The van der Waals surface area contributed by atoms with E-state index in [2.05, 4.69) is 4.98 Å². The van der Waals surface area contributed by atoms with E-state index in [1.54, 1.807) is 13.1 Å². The lowest BCUT2D eigenvalue weighted by atomic mass is 9.95. The van der Waals surface area contributed by atoms with Crippen LogP contribution in [0.5, 0.6) is 0 Å². The number of fused-ring (bicyclic) bond motifs is 1. The molecule has 2 aromatic heterocycles. The Bertz CT molecular complexity index is 1120. The monoisotopic (exact) mass is 423 g/mol. The Morgan fingerprint density at radius 3 is 2.71 bits per heavy atom. The molecule has 150 valence electrons. The van der Waals surface area contributed by atoms with Crippen molar-refractivity contribution in [2.45, 2.75) is 24.0 Å². The summed E-state index contributed by atoms with van der Waals surface area (Å²) in [7, 11) is 1.73. The molecule has 1 atom stereocenters. The minimum Gasteiger partial charge on any atom is -0.397 e. The zero-order valence-corrected chi connectivity index (χ0v) is 17.7. The first-order valence-electron chi connectivity index (χ1n) is 8.71. The van der Waals surface area contributed by atoms with Gasteiger partial charge in [-0.15, -0.1) is 11.3 Å². The number of nitrogens with two attached hydrogens (primary N) is 1. The van der Waals surface area contributed by atoms with Gasteiger partial charge in [0.1, 0.15) is 4.21 Å². The quantitative estimate of drug-likeness (QED) is 0.658. The van der Waals surface area contributed by atoms with Gasteiger partial charge in [-0.1, -0.05) is 13.8 Å². The van der Waals surface area contributed by atoms with Crippen LogP contribution in [0.2, 0.25) is 0 Å². The Labute approximate surface area is 168 Å². The van der Waals surface area contributed by atoms with E-state index in [0.717, 1.165) is 16.9 Å². The zero-order chi connectivity index (χ0) is 20.6. The van der Waals surface area contributed by atoms with E-state index in [4.69, 9.17) is 10.5 Å². The van der Waals surface area contributed by atoms with Gasteiger partial charge in [0, 0.05) is 31.2 Å². The number of aromatic nitrogens is 2. The van der Waals surface area contributed by atoms with Crippen LogP contribution in [0.4, 0.5) is 10.1 Å². The molecule has 0 spiro atoms. The maximum atomic E-state index is 15.4. The highest BCUT2D eigenvalue weighted by Crippen LogP contribution is 2.44. The fraction of sp³-hybridized carbons (Fsp3) is 0.368. The average Bonchev–Trinajstić information content (AvgIpc) is 3.00. The number of hydrogen-bond donors (Lipinski definition) is 1. The summed E-state index contributed by atoms with van der Waals surface area (Å²) in [6.45, 7) is 4.28. The van der Waals surface area contributed by atoms with Crippen LogP contribution in [-0.4, -0.2) is 33.2 Å². The highest BCUT2D eigenvalue weighted by Gasteiger charge is 2.24. The summed E-state index contributed by atoms with van der Waals surface area (Å²) in [6, 6.07) is 3.00. The molecule has 0 fully saturated rings. The number of aryl methyl sites for hydroxylation is 1. The summed E-state index contributed by atoms with van der Waals surface area (Å²) in [5.74, 6) is -0.174. The van der Waals surface area contributed by atoms with Gasteiger partial charge in [0.05, 0.1) is 45.6 Å². The molecular formula is C19H22FN3O3S2. The molecule has 0 aliphatic heterocycles. The third-order valence-corrected chi connectivity index (χ3v) is 7.46. The summed E-state index contributed by atoms with van der Waals surface area (Å²) in [5, 5.41) is 0.589. The third-order valence-electron chi connectivity index (χ3n) is 4.49. The number of methoxy groups -OCH3 is 1. The molecule has 0 saturated carbocycles. The van der Waals surface area contributed by atoms with E-state index in [-0.39, 0.29) is 28.5 Å². The Morgan fingerprint density at radius 1 is 1.39 bits per heavy atom. The van der Waals surface area contributed by atoms with Gasteiger partial charge < -0.3 is 15.0 Å². The van der Waals surface area contributed by atoms with Gasteiger partial charge in [0.2, 0.25) is 0 Å². The van der Waals surface area contributed by atoms with Crippen LogP contribution in [0.1, 0.15) is 25.3 Å². The zero-order valence-electron chi connectivity index (χ0n) is 16.1. The summed E-state index contributed by atoms with van der Waals surface area (Å²) in [4.78, 5) is 16.2. The van der Waals surface area contributed by atoms with Crippen LogP contribution < -0.4 is 11.3 Å². The van der Waals surface area contributed by atoms with Crippen LogP contribution in [-0.2, 0) is 22.6 Å². The molecule has 0 radical (unpaired) electrons. The second-order valence-corrected chi connectivity index (χ2v) is 9.54. The van der Waals surface area contributed by atoms with Gasteiger partial charge >= 0.3 is 0 Å². The Morgan fingerprint density at radius 2 is 2.11 bits per heavy atom. The van der Waals surface area contributed by atoms with E-state index in [0.29, 0.717) is 26.6 Å². The predicted octanol–water partition coefficient (Wildman–Crippen LogP) is 3.26. The standard InChI is InChI=1S/C19H22FN3O3S2/c1-10(2)11-7-12(13-8-14(24)23(3)9-22-13)16(20)18-15(11)17(21)19(27-18)28(25)6-5-26-4/h7-10H,5-6,21H2,1-4H3/t28-/m1/s1. The van der Waals surface area contributed by atoms with Gasteiger partial charge in [-0.05, 0) is 17.5 Å². The third kappa shape index (κ3) is 3.61. The number of halogens is 1. The van der Waals surface area contributed by atoms with E-state index < -0.39 is 16.6 Å². The van der Waals surface area contributed by atoms with Crippen LogP contribution >= 0.6 is 11.3 Å². The maximum absolute atomic E-state index is 15.4. The van der Waals surface area contributed by atoms with Crippen molar-refractivity contribution in [1.82, 2.24) is 9.55 Å². The van der Waals surface area contributed by atoms with Crippen molar-refractivity contribution in [3.8, 4) is 11.3 Å². The molecule has 2 N–H and O–H groups in total. The topological polar surface area (TPSA) is 87.2 Å². The lowest BCUT2D eigenvalue weighted by Gasteiger charge is -2.13. The predicted molar refractivity (Wildman–Crippen MR) is 112 cm³/mol. The number of hydrogen-bond acceptors (Lipinski definition) is 6. The molecule has 1 aromatic carbocycles. The van der Waals surface area contributed by atoms with E-state index in [1.165, 1.54) is 24.1 Å². The highest BCUT2D eigenvalue weighted by molar-refractivity contribution is 7.87. The number of nitrogen functional groups attached to an aromatic ring is 1. The molecule has 0 amide bonds. The lowest BCUT2D eigenvalue weighted by Crippen LogP contribution is -2.16. The largest absolute Gasteiger partial charge is 0.397 e. The molecule has 3 aromatic rings. The second-order valence-electron chi connectivity index (χ2n) is 6.76. The van der Waals surface area contributed by atoms with E-state index in [1.807, 2.05) is 13.8 Å². The number of rotatable bonds is 6. The number of benzene rings is 1. The van der Waals surface area contributed by atoms with Crippen molar-refractivity contribution in [3.05, 3.63) is 40.2 Å². The normalized spacial score (nSPS) is 12.8. The first-order valence-corrected chi connectivity index (χ1v) is 10.8. The maximum Gasteiger partial charge on any atom is 0.253 e. The molecule has 9 heteroatoms. The van der Waals surface area contributed by atoms with Gasteiger partial charge in [-0.2, -0.15) is 0 Å². The second kappa shape index (κ2) is 8.10. The Kier molecular flexibility index (Phi) is 5.97. The Balaban J connectivity index is 2.29. The van der Waals surface area contributed by atoms with Gasteiger partial charge in [-0.3, -0.25) is 9.00 Å². The summed E-state index contributed by atoms with van der Waals surface area (Å²) < 4.78 is 35.1. The lowest BCUT2D eigenvalue weighted by molar-refractivity contribution is 0.218. The molecule has 0 aliphatic rings. The molecule has 3 rings (SSSR count). The van der Waals surface area contributed by atoms with Crippen molar-refractivity contribution in [3.63, 3.8) is 0 Å².